The van der Waals surface area contributed by atoms with Gasteiger partial charge in [-0.2, -0.15) is 0 Å². The smallest absolute Gasteiger partial charge is 0.145 e. The van der Waals surface area contributed by atoms with Crippen LogP contribution in [-0.4, -0.2) is 6.54 Å². The Morgan fingerprint density at radius 3 is 2.35 bits per heavy atom. The summed E-state index contributed by atoms with van der Waals surface area (Å²) in [6, 6.07) is 9.82. The van der Waals surface area contributed by atoms with Gasteiger partial charge in [0.25, 0.3) is 0 Å². The summed E-state index contributed by atoms with van der Waals surface area (Å²) in [4.78, 5) is 0. The molecule has 2 aromatic rings. The van der Waals surface area contributed by atoms with Crippen LogP contribution in [0.1, 0.15) is 29.7 Å². The van der Waals surface area contributed by atoms with E-state index >= 15 is 0 Å². The van der Waals surface area contributed by atoms with E-state index in [1.54, 1.807) is 0 Å². The van der Waals surface area contributed by atoms with E-state index in [2.05, 4.69) is 21.2 Å². The molecule has 4 heteroatoms. The van der Waals surface area contributed by atoms with Gasteiger partial charge in [-0.15, -0.1) is 0 Å². The molecular weight excluding hydrogens is 324 g/mol. The van der Waals surface area contributed by atoms with Crippen LogP contribution in [0.4, 0.5) is 8.78 Å². The molecule has 106 valence electrons. The summed E-state index contributed by atoms with van der Waals surface area (Å²) in [7, 11) is 0. The Balaban J connectivity index is 2.54. The van der Waals surface area contributed by atoms with E-state index in [0.717, 1.165) is 11.1 Å². The minimum absolute atomic E-state index is 0.0464. The second-order valence-electron chi connectivity index (χ2n) is 4.66. The molecule has 20 heavy (non-hydrogen) atoms. The first-order valence-electron chi connectivity index (χ1n) is 6.48. The molecular formula is C16H16BrF2N. The summed E-state index contributed by atoms with van der Waals surface area (Å²) < 4.78 is 28.6. The maximum Gasteiger partial charge on any atom is 0.145 e. The van der Waals surface area contributed by atoms with Gasteiger partial charge in [0, 0.05) is 5.56 Å². The molecule has 0 aliphatic carbocycles. The normalized spacial score (nSPS) is 12.4. The molecule has 1 nitrogen and oxygen atoms in total. The van der Waals surface area contributed by atoms with Gasteiger partial charge in [-0.25, -0.2) is 8.78 Å². The molecule has 0 spiro atoms. The van der Waals surface area contributed by atoms with Crippen molar-refractivity contribution in [1.29, 1.82) is 0 Å². The van der Waals surface area contributed by atoms with E-state index in [4.69, 9.17) is 0 Å². The van der Waals surface area contributed by atoms with E-state index in [0.29, 0.717) is 6.54 Å². The lowest BCUT2D eigenvalue weighted by molar-refractivity contribution is 0.507. The van der Waals surface area contributed by atoms with Crippen molar-refractivity contribution in [3.8, 4) is 0 Å². The number of aryl methyl sites for hydroxylation is 1. The van der Waals surface area contributed by atoms with Crippen LogP contribution in [-0.2, 0) is 0 Å². The van der Waals surface area contributed by atoms with Crippen LogP contribution in [0.3, 0.4) is 0 Å². The van der Waals surface area contributed by atoms with Crippen molar-refractivity contribution >= 4 is 15.9 Å². The number of rotatable bonds is 4. The second kappa shape index (κ2) is 6.46. The van der Waals surface area contributed by atoms with Crippen molar-refractivity contribution in [2.75, 3.05) is 6.54 Å². The molecule has 0 amide bonds. The Bertz CT molecular complexity index is 596. The molecule has 1 unspecified atom stereocenters. The molecule has 2 rings (SSSR count). The van der Waals surface area contributed by atoms with Gasteiger partial charge < -0.3 is 5.32 Å². The van der Waals surface area contributed by atoms with Crippen LogP contribution in [0, 0.1) is 18.6 Å². The van der Waals surface area contributed by atoms with Gasteiger partial charge in [-0.3, -0.25) is 0 Å². The molecule has 0 saturated heterocycles. The van der Waals surface area contributed by atoms with Crippen molar-refractivity contribution in [3.05, 3.63) is 69.2 Å². The first-order valence-corrected chi connectivity index (χ1v) is 7.27. The lowest BCUT2D eigenvalue weighted by Crippen LogP contribution is -2.24. The molecule has 0 radical (unpaired) electrons. The van der Waals surface area contributed by atoms with Gasteiger partial charge in [0.1, 0.15) is 11.6 Å². The van der Waals surface area contributed by atoms with Crippen LogP contribution in [0.15, 0.2) is 40.9 Å². The fourth-order valence-corrected chi connectivity index (χ4v) is 2.50. The van der Waals surface area contributed by atoms with Gasteiger partial charge in [0.2, 0.25) is 0 Å². The van der Waals surface area contributed by atoms with E-state index in [1.807, 2.05) is 38.1 Å². The first-order chi connectivity index (χ1) is 9.54. The molecule has 0 aliphatic rings. The highest BCUT2D eigenvalue weighted by molar-refractivity contribution is 9.10. The molecule has 0 aliphatic heterocycles. The molecule has 0 heterocycles. The monoisotopic (exact) mass is 339 g/mol. The number of halogens is 3. The standard InChI is InChI=1S/C16H16BrF2N/c1-3-20-16(11-6-4-10(2)5-7-11)14-13(18)9-8-12(17)15(14)19/h4-9,16,20H,3H2,1-2H3. The quantitative estimate of drug-likeness (QED) is 0.793. The van der Waals surface area contributed by atoms with E-state index in [-0.39, 0.29) is 10.0 Å². The number of hydrogen-bond acceptors (Lipinski definition) is 1. The molecule has 0 aromatic heterocycles. The SMILES string of the molecule is CCNC(c1ccc(C)cc1)c1c(F)ccc(Br)c1F. The van der Waals surface area contributed by atoms with Gasteiger partial charge in [-0.05, 0) is 47.1 Å². The number of nitrogens with one attached hydrogen (secondary N) is 1. The third-order valence-corrected chi connectivity index (χ3v) is 3.80. The summed E-state index contributed by atoms with van der Waals surface area (Å²) in [6.45, 7) is 4.51. The zero-order valence-corrected chi connectivity index (χ0v) is 13.0. The van der Waals surface area contributed by atoms with E-state index in [9.17, 15) is 8.78 Å². The third kappa shape index (κ3) is 3.07. The van der Waals surface area contributed by atoms with E-state index < -0.39 is 17.7 Å². The highest BCUT2D eigenvalue weighted by atomic mass is 79.9. The fraction of sp³-hybridized carbons (Fsp3) is 0.250. The molecule has 0 bridgehead atoms. The van der Waals surface area contributed by atoms with Crippen molar-refractivity contribution < 1.29 is 8.78 Å². The molecule has 0 fully saturated rings. The average Bonchev–Trinajstić information content (AvgIpc) is 2.43. The summed E-state index contributed by atoms with van der Waals surface area (Å²) in [5.41, 5.74) is 2.00. The highest BCUT2D eigenvalue weighted by Crippen LogP contribution is 2.30. The van der Waals surface area contributed by atoms with Crippen LogP contribution in [0.5, 0.6) is 0 Å². The Kier molecular flexibility index (Phi) is 4.89. The largest absolute Gasteiger partial charge is 0.306 e. The third-order valence-electron chi connectivity index (χ3n) is 3.19. The van der Waals surface area contributed by atoms with Crippen molar-refractivity contribution in [2.24, 2.45) is 0 Å². The van der Waals surface area contributed by atoms with E-state index in [1.165, 1.54) is 12.1 Å². The maximum absolute atomic E-state index is 14.3. The van der Waals surface area contributed by atoms with Crippen LogP contribution >= 0.6 is 15.9 Å². The minimum atomic E-state index is -0.559. The topological polar surface area (TPSA) is 12.0 Å². The van der Waals surface area contributed by atoms with Gasteiger partial charge in [0.05, 0.1) is 10.5 Å². The van der Waals surface area contributed by atoms with Crippen LogP contribution in [0.2, 0.25) is 0 Å². The summed E-state index contributed by atoms with van der Waals surface area (Å²) in [6.07, 6.45) is 0. The molecule has 0 saturated carbocycles. The van der Waals surface area contributed by atoms with Gasteiger partial charge >= 0.3 is 0 Å². The highest BCUT2D eigenvalue weighted by Gasteiger charge is 2.22. The lowest BCUT2D eigenvalue weighted by Gasteiger charge is -2.21. The maximum atomic E-state index is 14.3. The molecule has 1 N–H and O–H groups in total. The fourth-order valence-electron chi connectivity index (χ4n) is 2.16. The Morgan fingerprint density at radius 2 is 1.75 bits per heavy atom. The Morgan fingerprint density at radius 1 is 1.10 bits per heavy atom. The summed E-state index contributed by atoms with van der Waals surface area (Å²) in [5, 5.41) is 3.14. The Labute approximate surface area is 126 Å². The zero-order valence-electron chi connectivity index (χ0n) is 11.4. The van der Waals surface area contributed by atoms with Crippen molar-refractivity contribution in [1.82, 2.24) is 5.32 Å². The minimum Gasteiger partial charge on any atom is -0.306 e. The first kappa shape index (κ1) is 15.1. The van der Waals surface area contributed by atoms with Gasteiger partial charge in [0.15, 0.2) is 0 Å². The molecule has 1 atom stereocenters. The second-order valence-corrected chi connectivity index (χ2v) is 5.51. The number of hydrogen-bond donors (Lipinski definition) is 1. The van der Waals surface area contributed by atoms with Crippen molar-refractivity contribution in [3.63, 3.8) is 0 Å². The van der Waals surface area contributed by atoms with Gasteiger partial charge in [-0.1, -0.05) is 36.8 Å². The van der Waals surface area contributed by atoms with Crippen molar-refractivity contribution in [2.45, 2.75) is 19.9 Å². The predicted molar refractivity (Wildman–Crippen MR) is 80.8 cm³/mol. The average molecular weight is 340 g/mol. The Hall–Kier alpha value is -1.26. The van der Waals surface area contributed by atoms with Crippen LogP contribution < -0.4 is 5.32 Å². The van der Waals surface area contributed by atoms with Crippen LogP contribution in [0.25, 0.3) is 0 Å². The summed E-state index contributed by atoms with van der Waals surface area (Å²) in [5.74, 6) is -1.10. The lowest BCUT2D eigenvalue weighted by atomic mass is 9.97. The number of benzene rings is 2. The summed E-state index contributed by atoms with van der Waals surface area (Å²) >= 11 is 3.11. The molecule has 2 aromatic carbocycles. The predicted octanol–water partition coefficient (Wildman–Crippen LogP) is 4.73. The zero-order chi connectivity index (χ0) is 14.7.